The summed E-state index contributed by atoms with van der Waals surface area (Å²) >= 11 is 0. The predicted molar refractivity (Wildman–Crippen MR) is 74.9 cm³/mol. The minimum Gasteiger partial charge on any atom is -0.395 e. The Morgan fingerprint density at radius 2 is 1.89 bits per heavy atom. The van der Waals surface area contributed by atoms with Crippen LogP contribution in [-0.2, 0) is 6.42 Å². The lowest BCUT2D eigenvalue weighted by Crippen LogP contribution is -2.37. The Morgan fingerprint density at radius 1 is 1.22 bits per heavy atom. The van der Waals surface area contributed by atoms with Gasteiger partial charge in [0.2, 0.25) is 0 Å². The minimum atomic E-state index is 0.154. The van der Waals surface area contributed by atoms with Crippen LogP contribution in [0.1, 0.15) is 45.1 Å². The van der Waals surface area contributed by atoms with Gasteiger partial charge in [0.15, 0.2) is 0 Å². The van der Waals surface area contributed by atoms with E-state index in [0.717, 1.165) is 36.6 Å². The molecular formula is C14H25N3O. The zero-order valence-electron chi connectivity index (χ0n) is 12.0. The fourth-order valence-electron chi connectivity index (χ4n) is 2.26. The Bertz CT molecular complexity index is 364. The van der Waals surface area contributed by atoms with Crippen LogP contribution in [-0.4, -0.2) is 34.3 Å². The first kappa shape index (κ1) is 14.9. The summed E-state index contributed by atoms with van der Waals surface area (Å²) in [5.41, 5.74) is 1.06. The summed E-state index contributed by atoms with van der Waals surface area (Å²) in [6.07, 6.45) is 3.02. The zero-order valence-corrected chi connectivity index (χ0v) is 12.0. The summed E-state index contributed by atoms with van der Waals surface area (Å²) in [4.78, 5) is 11.1. The molecule has 0 aliphatic rings. The van der Waals surface area contributed by atoms with Crippen LogP contribution in [0.3, 0.4) is 0 Å². The van der Waals surface area contributed by atoms with Crippen LogP contribution >= 0.6 is 0 Å². The highest BCUT2D eigenvalue weighted by Gasteiger charge is 2.17. The summed E-state index contributed by atoms with van der Waals surface area (Å²) in [7, 11) is 0. The van der Waals surface area contributed by atoms with Gasteiger partial charge >= 0.3 is 0 Å². The van der Waals surface area contributed by atoms with Crippen LogP contribution in [0.25, 0.3) is 0 Å². The van der Waals surface area contributed by atoms with Gasteiger partial charge in [0, 0.05) is 24.3 Å². The Labute approximate surface area is 110 Å². The maximum Gasteiger partial charge on any atom is 0.132 e. The lowest BCUT2D eigenvalue weighted by atomic mass is 10.1. The molecule has 0 saturated heterocycles. The van der Waals surface area contributed by atoms with E-state index in [-0.39, 0.29) is 6.61 Å². The van der Waals surface area contributed by atoms with Crippen molar-refractivity contribution in [3.8, 4) is 0 Å². The van der Waals surface area contributed by atoms with Crippen LogP contribution in [0.15, 0.2) is 6.07 Å². The van der Waals surface area contributed by atoms with E-state index >= 15 is 0 Å². The molecule has 0 aliphatic heterocycles. The number of aromatic nitrogens is 2. The Balaban J connectivity index is 3.07. The van der Waals surface area contributed by atoms with Crippen molar-refractivity contribution >= 4 is 5.82 Å². The fourth-order valence-corrected chi connectivity index (χ4v) is 2.26. The molecule has 0 fully saturated rings. The second-order valence-corrected chi connectivity index (χ2v) is 4.51. The molecular weight excluding hydrogens is 226 g/mol. The largest absolute Gasteiger partial charge is 0.395 e. The smallest absolute Gasteiger partial charge is 0.132 e. The van der Waals surface area contributed by atoms with Gasteiger partial charge in [-0.25, -0.2) is 9.97 Å². The number of aliphatic hydroxyl groups excluding tert-OH is 1. The van der Waals surface area contributed by atoms with Crippen LogP contribution in [0.2, 0.25) is 0 Å². The van der Waals surface area contributed by atoms with Crippen LogP contribution in [0, 0.1) is 6.92 Å². The second-order valence-electron chi connectivity index (χ2n) is 4.51. The standard InChI is InChI=1S/C14H25N3O/c1-5-12-10-14(16-11(4)15-12)17(8-9-18)13(6-2)7-3/h10,13,18H,5-9H2,1-4H3. The van der Waals surface area contributed by atoms with Crippen LogP contribution < -0.4 is 4.90 Å². The second kappa shape index (κ2) is 7.31. The first-order valence-electron chi connectivity index (χ1n) is 6.88. The molecule has 1 N–H and O–H groups in total. The van der Waals surface area contributed by atoms with Gasteiger partial charge in [0.1, 0.15) is 11.6 Å². The number of nitrogens with zero attached hydrogens (tertiary/aromatic N) is 3. The van der Waals surface area contributed by atoms with Crippen molar-refractivity contribution in [2.75, 3.05) is 18.1 Å². The number of aliphatic hydroxyl groups is 1. The van der Waals surface area contributed by atoms with E-state index < -0.39 is 0 Å². The Morgan fingerprint density at radius 3 is 2.39 bits per heavy atom. The highest BCUT2D eigenvalue weighted by atomic mass is 16.3. The molecule has 18 heavy (non-hydrogen) atoms. The molecule has 0 amide bonds. The van der Waals surface area contributed by atoms with Gasteiger partial charge < -0.3 is 10.0 Å². The molecule has 0 aliphatic carbocycles. The molecule has 0 spiro atoms. The van der Waals surface area contributed by atoms with Crippen molar-refractivity contribution in [1.29, 1.82) is 0 Å². The first-order chi connectivity index (χ1) is 8.65. The molecule has 0 unspecified atom stereocenters. The average molecular weight is 251 g/mol. The maximum absolute atomic E-state index is 9.25. The van der Waals surface area contributed by atoms with Crippen LogP contribution in [0.4, 0.5) is 5.82 Å². The highest BCUT2D eigenvalue weighted by Crippen LogP contribution is 2.19. The van der Waals surface area contributed by atoms with Gasteiger partial charge in [-0.1, -0.05) is 20.8 Å². The molecule has 4 heteroatoms. The van der Waals surface area contributed by atoms with Gasteiger partial charge in [0.25, 0.3) is 0 Å². The van der Waals surface area contributed by atoms with Gasteiger partial charge in [-0.2, -0.15) is 0 Å². The van der Waals surface area contributed by atoms with Crippen molar-refractivity contribution < 1.29 is 5.11 Å². The van der Waals surface area contributed by atoms with Crippen molar-refractivity contribution in [3.63, 3.8) is 0 Å². The summed E-state index contributed by atoms with van der Waals surface area (Å²) in [6, 6.07) is 2.47. The number of rotatable bonds is 7. The molecule has 1 aromatic heterocycles. The van der Waals surface area contributed by atoms with Gasteiger partial charge in [0.05, 0.1) is 6.61 Å². The molecule has 1 rings (SSSR count). The summed E-state index contributed by atoms with van der Waals surface area (Å²) in [5, 5.41) is 9.25. The predicted octanol–water partition coefficient (Wildman–Crippen LogP) is 2.33. The summed E-state index contributed by atoms with van der Waals surface area (Å²) in [5.74, 6) is 1.75. The lowest BCUT2D eigenvalue weighted by molar-refractivity contribution is 0.295. The average Bonchev–Trinajstić information content (AvgIpc) is 2.38. The van der Waals surface area contributed by atoms with Crippen molar-refractivity contribution in [2.24, 2.45) is 0 Å². The van der Waals surface area contributed by atoms with Crippen molar-refractivity contribution in [3.05, 3.63) is 17.6 Å². The van der Waals surface area contributed by atoms with E-state index in [1.807, 2.05) is 13.0 Å². The Hall–Kier alpha value is -1.16. The fraction of sp³-hybridized carbons (Fsp3) is 0.714. The molecule has 1 aromatic rings. The van der Waals surface area contributed by atoms with E-state index in [0.29, 0.717) is 12.6 Å². The Kier molecular flexibility index (Phi) is 6.05. The number of hydrogen-bond donors (Lipinski definition) is 1. The molecule has 0 saturated carbocycles. The number of hydrogen-bond acceptors (Lipinski definition) is 4. The molecule has 0 aromatic carbocycles. The van der Waals surface area contributed by atoms with E-state index in [2.05, 4.69) is 35.6 Å². The molecule has 0 radical (unpaired) electrons. The third kappa shape index (κ3) is 3.67. The molecule has 4 nitrogen and oxygen atoms in total. The van der Waals surface area contributed by atoms with Gasteiger partial charge in [-0.05, 0) is 26.2 Å². The monoisotopic (exact) mass is 251 g/mol. The van der Waals surface area contributed by atoms with Crippen molar-refractivity contribution in [1.82, 2.24) is 9.97 Å². The quantitative estimate of drug-likeness (QED) is 0.808. The SMILES string of the molecule is CCc1cc(N(CCO)C(CC)CC)nc(C)n1. The van der Waals surface area contributed by atoms with E-state index in [1.54, 1.807) is 0 Å². The topological polar surface area (TPSA) is 49.2 Å². The third-order valence-electron chi connectivity index (χ3n) is 3.26. The van der Waals surface area contributed by atoms with E-state index in [4.69, 9.17) is 0 Å². The number of anilines is 1. The first-order valence-corrected chi connectivity index (χ1v) is 6.88. The normalized spacial score (nSPS) is 11.0. The van der Waals surface area contributed by atoms with Gasteiger partial charge in [-0.3, -0.25) is 0 Å². The highest BCUT2D eigenvalue weighted by molar-refractivity contribution is 5.41. The molecule has 0 bridgehead atoms. The number of aryl methyl sites for hydroxylation is 2. The minimum absolute atomic E-state index is 0.154. The van der Waals surface area contributed by atoms with Crippen molar-refractivity contribution in [2.45, 2.75) is 53.0 Å². The molecule has 0 atom stereocenters. The van der Waals surface area contributed by atoms with E-state index in [1.165, 1.54) is 0 Å². The third-order valence-corrected chi connectivity index (χ3v) is 3.26. The molecule has 1 heterocycles. The molecule has 102 valence electrons. The lowest BCUT2D eigenvalue weighted by Gasteiger charge is -2.31. The summed E-state index contributed by atoms with van der Waals surface area (Å²) in [6.45, 7) is 9.15. The van der Waals surface area contributed by atoms with Crippen LogP contribution in [0.5, 0.6) is 0 Å². The van der Waals surface area contributed by atoms with Gasteiger partial charge in [-0.15, -0.1) is 0 Å². The summed E-state index contributed by atoms with van der Waals surface area (Å²) < 4.78 is 0. The zero-order chi connectivity index (χ0) is 13.5. The van der Waals surface area contributed by atoms with E-state index in [9.17, 15) is 5.11 Å². The maximum atomic E-state index is 9.25.